The van der Waals surface area contributed by atoms with E-state index in [0.717, 1.165) is 6.54 Å². The summed E-state index contributed by atoms with van der Waals surface area (Å²) in [7, 11) is 2.01. The molecule has 0 aliphatic carbocycles. The van der Waals surface area contributed by atoms with Gasteiger partial charge in [-0.05, 0) is 26.3 Å². The van der Waals surface area contributed by atoms with Crippen molar-refractivity contribution in [2.75, 3.05) is 6.54 Å². The molecule has 1 N–H and O–H groups in total. The van der Waals surface area contributed by atoms with Crippen LogP contribution >= 0.6 is 0 Å². The molecule has 1 rings (SSSR count). The Labute approximate surface area is 118 Å². The highest BCUT2D eigenvalue weighted by molar-refractivity contribution is 5.19. The minimum absolute atomic E-state index is 0.482. The van der Waals surface area contributed by atoms with E-state index in [1.807, 2.05) is 11.7 Å². The van der Waals surface area contributed by atoms with Gasteiger partial charge in [-0.3, -0.25) is 4.68 Å². The average Bonchev–Trinajstić information content (AvgIpc) is 2.72. The third-order valence-electron chi connectivity index (χ3n) is 3.66. The number of rotatable bonds is 10. The summed E-state index contributed by atoms with van der Waals surface area (Å²) in [6.07, 6.45) is 11.3. The number of unbranched alkanes of at least 4 members (excludes halogenated alkanes) is 4. The van der Waals surface area contributed by atoms with Crippen molar-refractivity contribution in [1.82, 2.24) is 15.1 Å². The van der Waals surface area contributed by atoms with Crippen molar-refractivity contribution in [3.05, 3.63) is 17.5 Å². The Balaban J connectivity index is 2.49. The molecule has 0 saturated carbocycles. The molecule has 1 aromatic rings. The Morgan fingerprint density at radius 2 is 1.89 bits per heavy atom. The zero-order valence-corrected chi connectivity index (χ0v) is 13.2. The van der Waals surface area contributed by atoms with Gasteiger partial charge in [0.2, 0.25) is 0 Å². The van der Waals surface area contributed by atoms with E-state index in [1.165, 1.54) is 56.2 Å². The summed E-state index contributed by atoms with van der Waals surface area (Å²) in [5.74, 6) is 0. The highest BCUT2D eigenvalue weighted by Gasteiger charge is 2.15. The van der Waals surface area contributed by atoms with Gasteiger partial charge in [0.25, 0.3) is 0 Å². The Bertz CT molecular complexity index is 344. The summed E-state index contributed by atoms with van der Waals surface area (Å²) < 4.78 is 1.93. The predicted octanol–water partition coefficient (Wildman–Crippen LogP) is 4.13. The fourth-order valence-corrected chi connectivity index (χ4v) is 2.60. The standard InChI is InChI=1S/C16H31N3/c1-5-7-8-9-10-11-16(17-12-6-2)15-13-19(4)18-14(15)3/h13,16-17H,5-12H2,1-4H3. The normalized spacial score (nSPS) is 12.8. The second-order valence-electron chi connectivity index (χ2n) is 5.55. The first-order valence-electron chi connectivity index (χ1n) is 7.92. The van der Waals surface area contributed by atoms with Crippen molar-refractivity contribution < 1.29 is 0 Å². The van der Waals surface area contributed by atoms with Gasteiger partial charge >= 0.3 is 0 Å². The molecule has 1 heterocycles. The van der Waals surface area contributed by atoms with Gasteiger partial charge in [0.1, 0.15) is 0 Å². The quantitative estimate of drug-likeness (QED) is 0.645. The first-order chi connectivity index (χ1) is 9.19. The maximum Gasteiger partial charge on any atom is 0.0641 e. The molecule has 0 aliphatic heterocycles. The molecule has 19 heavy (non-hydrogen) atoms. The van der Waals surface area contributed by atoms with Gasteiger partial charge in [-0.2, -0.15) is 5.10 Å². The van der Waals surface area contributed by atoms with Crippen molar-refractivity contribution in [3.63, 3.8) is 0 Å². The highest BCUT2D eigenvalue weighted by atomic mass is 15.3. The molecule has 0 saturated heterocycles. The van der Waals surface area contributed by atoms with Crippen molar-refractivity contribution in [3.8, 4) is 0 Å². The number of nitrogens with zero attached hydrogens (tertiary/aromatic N) is 2. The van der Waals surface area contributed by atoms with E-state index in [2.05, 4.69) is 37.4 Å². The molecule has 3 nitrogen and oxygen atoms in total. The Morgan fingerprint density at radius 1 is 1.16 bits per heavy atom. The van der Waals surface area contributed by atoms with Crippen LogP contribution in [0.25, 0.3) is 0 Å². The van der Waals surface area contributed by atoms with Crippen LogP contribution in [0.1, 0.15) is 76.1 Å². The van der Waals surface area contributed by atoms with Crippen LogP contribution in [-0.2, 0) is 7.05 Å². The summed E-state index contributed by atoms with van der Waals surface area (Å²) in [5.41, 5.74) is 2.55. The molecule has 0 radical (unpaired) electrons. The fraction of sp³-hybridized carbons (Fsp3) is 0.812. The average molecular weight is 265 g/mol. The Kier molecular flexibility index (Phi) is 7.80. The molecule has 3 heteroatoms. The summed E-state index contributed by atoms with van der Waals surface area (Å²) in [5, 5.41) is 8.15. The van der Waals surface area contributed by atoms with E-state index in [9.17, 15) is 0 Å². The van der Waals surface area contributed by atoms with Gasteiger partial charge in [-0.15, -0.1) is 0 Å². The van der Waals surface area contributed by atoms with Gasteiger partial charge in [-0.1, -0.05) is 46.0 Å². The fourth-order valence-electron chi connectivity index (χ4n) is 2.60. The topological polar surface area (TPSA) is 29.9 Å². The second kappa shape index (κ2) is 9.13. The first-order valence-corrected chi connectivity index (χ1v) is 7.92. The van der Waals surface area contributed by atoms with Gasteiger partial charge < -0.3 is 5.32 Å². The third kappa shape index (κ3) is 5.77. The largest absolute Gasteiger partial charge is 0.310 e. The monoisotopic (exact) mass is 265 g/mol. The van der Waals surface area contributed by atoms with Crippen LogP contribution in [0.15, 0.2) is 6.20 Å². The maximum absolute atomic E-state index is 4.47. The molecule has 1 atom stereocenters. The molecular formula is C16H31N3. The van der Waals surface area contributed by atoms with E-state index in [-0.39, 0.29) is 0 Å². The lowest BCUT2D eigenvalue weighted by Crippen LogP contribution is -2.22. The van der Waals surface area contributed by atoms with Crippen LogP contribution < -0.4 is 5.32 Å². The van der Waals surface area contributed by atoms with Crippen molar-refractivity contribution in [2.24, 2.45) is 7.05 Å². The molecule has 1 unspecified atom stereocenters. The Hall–Kier alpha value is -0.830. The molecule has 0 fully saturated rings. The predicted molar refractivity (Wildman–Crippen MR) is 82.4 cm³/mol. The number of aromatic nitrogens is 2. The SMILES string of the molecule is CCCCCCCC(NCCC)c1cn(C)nc1C. The second-order valence-corrected chi connectivity index (χ2v) is 5.55. The minimum atomic E-state index is 0.482. The lowest BCUT2D eigenvalue weighted by Gasteiger charge is -2.18. The number of aryl methyl sites for hydroxylation is 2. The molecule has 110 valence electrons. The highest BCUT2D eigenvalue weighted by Crippen LogP contribution is 2.22. The molecule has 0 aliphatic rings. The lowest BCUT2D eigenvalue weighted by molar-refractivity contribution is 0.466. The van der Waals surface area contributed by atoms with Gasteiger partial charge in [0, 0.05) is 24.8 Å². The summed E-state index contributed by atoms with van der Waals surface area (Å²) in [6, 6.07) is 0.482. The van der Waals surface area contributed by atoms with Crippen LogP contribution in [0.5, 0.6) is 0 Å². The first kappa shape index (κ1) is 16.2. The summed E-state index contributed by atoms with van der Waals surface area (Å²) in [4.78, 5) is 0. The van der Waals surface area contributed by atoms with E-state index >= 15 is 0 Å². The van der Waals surface area contributed by atoms with Crippen LogP contribution in [-0.4, -0.2) is 16.3 Å². The van der Waals surface area contributed by atoms with E-state index < -0.39 is 0 Å². The van der Waals surface area contributed by atoms with Crippen molar-refractivity contribution in [1.29, 1.82) is 0 Å². The van der Waals surface area contributed by atoms with Crippen LogP contribution in [0, 0.1) is 6.92 Å². The van der Waals surface area contributed by atoms with Crippen LogP contribution in [0.3, 0.4) is 0 Å². The molecule has 0 spiro atoms. The molecule has 1 aromatic heterocycles. The number of hydrogen-bond acceptors (Lipinski definition) is 2. The maximum atomic E-state index is 4.47. The lowest BCUT2D eigenvalue weighted by atomic mass is 10.0. The van der Waals surface area contributed by atoms with E-state index in [1.54, 1.807) is 0 Å². The smallest absolute Gasteiger partial charge is 0.0641 e. The molecule has 0 amide bonds. The van der Waals surface area contributed by atoms with Crippen LogP contribution in [0.4, 0.5) is 0 Å². The number of nitrogens with one attached hydrogen (secondary N) is 1. The molecule has 0 bridgehead atoms. The van der Waals surface area contributed by atoms with Gasteiger partial charge in [-0.25, -0.2) is 0 Å². The minimum Gasteiger partial charge on any atom is -0.310 e. The molecular weight excluding hydrogens is 234 g/mol. The van der Waals surface area contributed by atoms with Crippen molar-refractivity contribution in [2.45, 2.75) is 71.8 Å². The summed E-state index contributed by atoms with van der Waals surface area (Å²) in [6.45, 7) is 7.70. The zero-order valence-electron chi connectivity index (χ0n) is 13.2. The van der Waals surface area contributed by atoms with E-state index in [4.69, 9.17) is 0 Å². The summed E-state index contributed by atoms with van der Waals surface area (Å²) >= 11 is 0. The zero-order chi connectivity index (χ0) is 14.1. The third-order valence-corrected chi connectivity index (χ3v) is 3.66. The van der Waals surface area contributed by atoms with Gasteiger partial charge in [0.15, 0.2) is 0 Å². The number of hydrogen-bond donors (Lipinski definition) is 1. The van der Waals surface area contributed by atoms with Crippen molar-refractivity contribution >= 4 is 0 Å². The Morgan fingerprint density at radius 3 is 2.47 bits per heavy atom. The van der Waals surface area contributed by atoms with E-state index in [0.29, 0.717) is 6.04 Å². The molecule has 0 aromatic carbocycles. The van der Waals surface area contributed by atoms with Gasteiger partial charge in [0.05, 0.1) is 5.69 Å². The van der Waals surface area contributed by atoms with Crippen LogP contribution in [0.2, 0.25) is 0 Å².